The van der Waals surface area contributed by atoms with Crippen LogP contribution in [-0.2, 0) is 12.1 Å². The number of pyridine rings is 1. The molecule has 0 N–H and O–H groups in total. The van der Waals surface area contributed by atoms with E-state index in [4.69, 9.17) is 23.2 Å². The van der Waals surface area contributed by atoms with Crippen LogP contribution in [0.3, 0.4) is 0 Å². The fourth-order valence-electron chi connectivity index (χ4n) is 0.752. The lowest BCUT2D eigenvalue weighted by atomic mass is 10.2. The van der Waals surface area contributed by atoms with Gasteiger partial charge >= 0.3 is 6.18 Å². The van der Waals surface area contributed by atoms with E-state index in [9.17, 15) is 13.2 Å². The highest BCUT2D eigenvalue weighted by Gasteiger charge is 2.33. The molecular weight excluding hydrogens is 226 g/mol. The summed E-state index contributed by atoms with van der Waals surface area (Å²) in [5, 5.41) is -0.377. The lowest BCUT2D eigenvalue weighted by Gasteiger charge is -2.08. The molecule has 0 fully saturated rings. The second-order valence-corrected chi connectivity index (χ2v) is 2.96. The maximum Gasteiger partial charge on any atom is 0.419 e. The van der Waals surface area contributed by atoms with Gasteiger partial charge < -0.3 is 0 Å². The van der Waals surface area contributed by atoms with Gasteiger partial charge in [0, 0.05) is 6.20 Å². The van der Waals surface area contributed by atoms with Gasteiger partial charge in [0.15, 0.2) is 0 Å². The van der Waals surface area contributed by atoms with Crippen molar-refractivity contribution in [3.63, 3.8) is 0 Å². The Morgan fingerprint density at radius 1 is 1.38 bits per heavy atom. The summed E-state index contributed by atoms with van der Waals surface area (Å²) in [4.78, 5) is 3.49. The van der Waals surface area contributed by atoms with Crippen molar-refractivity contribution in [3.8, 4) is 0 Å². The molecule has 0 amide bonds. The van der Waals surface area contributed by atoms with E-state index in [-0.39, 0.29) is 10.9 Å². The van der Waals surface area contributed by atoms with Gasteiger partial charge in [-0.1, -0.05) is 11.6 Å². The average molecular weight is 230 g/mol. The van der Waals surface area contributed by atoms with E-state index < -0.39 is 11.7 Å². The van der Waals surface area contributed by atoms with Crippen LogP contribution in [0.4, 0.5) is 13.2 Å². The maximum atomic E-state index is 12.1. The molecule has 0 saturated carbocycles. The molecule has 0 aliphatic rings. The third-order valence-corrected chi connectivity index (χ3v) is 1.94. The lowest BCUT2D eigenvalue weighted by molar-refractivity contribution is -0.137. The summed E-state index contributed by atoms with van der Waals surface area (Å²) in [6.07, 6.45) is -3.78. The van der Waals surface area contributed by atoms with E-state index >= 15 is 0 Å². The molecule has 1 nitrogen and oxygen atoms in total. The normalized spacial score (nSPS) is 11.8. The molecule has 1 rings (SSSR count). The lowest BCUT2D eigenvalue weighted by Crippen LogP contribution is -2.07. The smallest absolute Gasteiger partial charge is 0.259 e. The molecule has 6 heteroatoms. The van der Waals surface area contributed by atoms with Crippen molar-refractivity contribution in [2.24, 2.45) is 0 Å². The van der Waals surface area contributed by atoms with Gasteiger partial charge in [0.2, 0.25) is 0 Å². The third kappa shape index (κ3) is 2.48. The van der Waals surface area contributed by atoms with Crippen LogP contribution in [0.15, 0.2) is 12.3 Å². The molecule has 0 spiro atoms. The molecule has 1 aromatic rings. The molecular formula is C7H4Cl2F3N. The van der Waals surface area contributed by atoms with E-state index in [1.165, 1.54) is 0 Å². The van der Waals surface area contributed by atoms with Crippen LogP contribution < -0.4 is 0 Å². The number of rotatable bonds is 1. The molecule has 0 radical (unpaired) electrons. The van der Waals surface area contributed by atoms with Gasteiger partial charge in [-0.25, -0.2) is 0 Å². The van der Waals surface area contributed by atoms with Gasteiger partial charge in [0.25, 0.3) is 0 Å². The largest absolute Gasteiger partial charge is 0.419 e. The van der Waals surface area contributed by atoms with E-state index in [0.29, 0.717) is 11.9 Å². The van der Waals surface area contributed by atoms with Crippen LogP contribution in [-0.4, -0.2) is 4.98 Å². The van der Waals surface area contributed by atoms with Crippen molar-refractivity contribution in [3.05, 3.63) is 28.5 Å². The minimum absolute atomic E-state index is 0.0395. The van der Waals surface area contributed by atoms with Crippen LogP contribution in [0.25, 0.3) is 0 Å². The molecule has 72 valence electrons. The average Bonchev–Trinajstić information content (AvgIpc) is 2.01. The molecule has 0 saturated heterocycles. The van der Waals surface area contributed by atoms with Crippen molar-refractivity contribution >= 4 is 23.2 Å². The van der Waals surface area contributed by atoms with E-state index in [0.717, 1.165) is 6.07 Å². The monoisotopic (exact) mass is 229 g/mol. The number of aromatic nitrogens is 1. The first-order valence-electron chi connectivity index (χ1n) is 3.22. The van der Waals surface area contributed by atoms with Gasteiger partial charge in [0.05, 0.1) is 22.2 Å². The zero-order chi connectivity index (χ0) is 10.1. The van der Waals surface area contributed by atoms with Gasteiger partial charge in [0.1, 0.15) is 0 Å². The van der Waals surface area contributed by atoms with Gasteiger partial charge in [-0.2, -0.15) is 13.2 Å². The first-order valence-corrected chi connectivity index (χ1v) is 4.14. The van der Waals surface area contributed by atoms with Crippen molar-refractivity contribution in [2.75, 3.05) is 0 Å². The standard InChI is InChI=1S/C7H4Cl2F3N/c8-2-4-1-6(9)5(3-13-4)7(10,11)12/h1,3H,2H2. The van der Waals surface area contributed by atoms with E-state index in [1.807, 2.05) is 0 Å². The van der Waals surface area contributed by atoms with Crippen LogP contribution in [0.1, 0.15) is 11.3 Å². The Hall–Kier alpha value is -0.480. The highest BCUT2D eigenvalue weighted by Crippen LogP contribution is 2.34. The fraction of sp³-hybridized carbons (Fsp3) is 0.286. The maximum absolute atomic E-state index is 12.1. The Labute approximate surface area is 82.5 Å². The first kappa shape index (κ1) is 10.6. The predicted octanol–water partition coefficient (Wildman–Crippen LogP) is 3.49. The number of halogens is 5. The number of hydrogen-bond donors (Lipinski definition) is 0. The quantitative estimate of drug-likeness (QED) is 0.673. The third-order valence-electron chi connectivity index (χ3n) is 1.35. The topological polar surface area (TPSA) is 12.9 Å². The zero-order valence-corrected chi connectivity index (χ0v) is 7.71. The summed E-state index contributed by atoms with van der Waals surface area (Å²) in [5.74, 6) is 0.0395. The van der Waals surface area contributed by atoms with Crippen molar-refractivity contribution in [2.45, 2.75) is 12.1 Å². The van der Waals surface area contributed by atoms with Crippen molar-refractivity contribution in [1.82, 2.24) is 4.98 Å². The molecule has 0 unspecified atom stereocenters. The fourth-order valence-corrected chi connectivity index (χ4v) is 1.18. The molecule has 0 aromatic carbocycles. The predicted molar refractivity (Wildman–Crippen MR) is 43.8 cm³/mol. The second-order valence-electron chi connectivity index (χ2n) is 2.29. The first-order chi connectivity index (χ1) is 5.95. The summed E-state index contributed by atoms with van der Waals surface area (Å²) in [5.41, 5.74) is -0.622. The molecule has 0 atom stereocenters. The molecule has 13 heavy (non-hydrogen) atoms. The molecule has 0 bridgehead atoms. The zero-order valence-electron chi connectivity index (χ0n) is 6.20. The molecule has 1 heterocycles. The van der Waals surface area contributed by atoms with Crippen LogP contribution in [0.5, 0.6) is 0 Å². The summed E-state index contributed by atoms with van der Waals surface area (Å²) < 4.78 is 36.4. The minimum atomic E-state index is -4.46. The highest BCUT2D eigenvalue weighted by molar-refractivity contribution is 6.31. The van der Waals surface area contributed by atoms with Crippen LogP contribution >= 0.6 is 23.2 Å². The van der Waals surface area contributed by atoms with Gasteiger partial charge in [-0.05, 0) is 6.07 Å². The number of alkyl halides is 4. The van der Waals surface area contributed by atoms with Crippen LogP contribution in [0.2, 0.25) is 5.02 Å². The van der Waals surface area contributed by atoms with E-state index in [2.05, 4.69) is 4.98 Å². The molecule has 0 aliphatic carbocycles. The summed E-state index contributed by atoms with van der Waals surface area (Å²) in [7, 11) is 0. The summed E-state index contributed by atoms with van der Waals surface area (Å²) in [6, 6.07) is 1.11. The Balaban J connectivity index is 3.13. The minimum Gasteiger partial charge on any atom is -0.259 e. The number of hydrogen-bond acceptors (Lipinski definition) is 1. The Morgan fingerprint density at radius 2 is 2.00 bits per heavy atom. The summed E-state index contributed by atoms with van der Waals surface area (Å²) >= 11 is 10.7. The SMILES string of the molecule is FC(F)(F)c1cnc(CCl)cc1Cl. The molecule has 1 aromatic heterocycles. The summed E-state index contributed by atoms with van der Waals surface area (Å²) in [6.45, 7) is 0. The highest BCUT2D eigenvalue weighted by atomic mass is 35.5. The Morgan fingerprint density at radius 3 is 2.38 bits per heavy atom. The Kier molecular flexibility index (Phi) is 3.03. The number of nitrogens with zero attached hydrogens (tertiary/aromatic N) is 1. The van der Waals surface area contributed by atoms with Crippen LogP contribution in [0, 0.1) is 0 Å². The van der Waals surface area contributed by atoms with Gasteiger partial charge in [-0.15, -0.1) is 11.6 Å². The van der Waals surface area contributed by atoms with Gasteiger partial charge in [-0.3, -0.25) is 4.98 Å². The second kappa shape index (κ2) is 3.72. The Bertz CT molecular complexity index is 311. The van der Waals surface area contributed by atoms with Crippen molar-refractivity contribution < 1.29 is 13.2 Å². The van der Waals surface area contributed by atoms with Crippen molar-refractivity contribution in [1.29, 1.82) is 0 Å². The van der Waals surface area contributed by atoms with E-state index in [1.54, 1.807) is 0 Å². The molecule has 0 aliphatic heterocycles.